The van der Waals surface area contributed by atoms with Gasteiger partial charge in [-0.25, -0.2) is 0 Å². The minimum absolute atomic E-state index is 0.146. The highest BCUT2D eigenvalue weighted by molar-refractivity contribution is 6.06. The molecule has 0 saturated heterocycles. The largest absolute Gasteiger partial charge is 0.351 e. The molecule has 6 nitrogen and oxygen atoms in total. The van der Waals surface area contributed by atoms with Crippen LogP contribution in [0.15, 0.2) is 60.7 Å². The molecule has 2 aromatic rings. The lowest BCUT2D eigenvalue weighted by Crippen LogP contribution is -2.62. The number of nitrogens with one attached hydrogen (secondary N) is 2. The Morgan fingerprint density at radius 3 is 2.12 bits per heavy atom. The van der Waals surface area contributed by atoms with Crippen LogP contribution in [0.2, 0.25) is 0 Å². The number of para-hydroxylation sites is 1. The molecule has 2 aromatic carbocycles. The van der Waals surface area contributed by atoms with E-state index in [0.717, 1.165) is 25.7 Å². The van der Waals surface area contributed by atoms with Gasteiger partial charge in [0.2, 0.25) is 11.8 Å². The molecule has 0 unspecified atom stereocenters. The summed E-state index contributed by atoms with van der Waals surface area (Å²) in [5.74, 6) is -0.807. The predicted molar refractivity (Wildman–Crippen MR) is 126 cm³/mol. The fourth-order valence-electron chi connectivity index (χ4n) is 4.22. The van der Waals surface area contributed by atoms with E-state index in [1.807, 2.05) is 43.3 Å². The first-order valence-corrected chi connectivity index (χ1v) is 11.5. The van der Waals surface area contributed by atoms with Gasteiger partial charge in [-0.2, -0.15) is 0 Å². The number of amides is 3. The normalized spacial score (nSPS) is 15.9. The van der Waals surface area contributed by atoms with Crippen LogP contribution in [0.4, 0.5) is 5.69 Å². The third-order valence-corrected chi connectivity index (χ3v) is 6.31. The van der Waals surface area contributed by atoms with Crippen LogP contribution in [0.1, 0.15) is 62.7 Å². The van der Waals surface area contributed by atoms with Crippen LogP contribution in [-0.4, -0.2) is 35.8 Å². The maximum absolute atomic E-state index is 13.5. The first-order valence-electron chi connectivity index (χ1n) is 11.5. The fourth-order valence-corrected chi connectivity index (χ4v) is 4.22. The summed E-state index contributed by atoms with van der Waals surface area (Å²) in [6, 6.07) is 18.1. The summed E-state index contributed by atoms with van der Waals surface area (Å²) in [6.45, 7) is 3.51. The number of benzene rings is 2. The molecule has 170 valence electrons. The highest BCUT2D eigenvalue weighted by Crippen LogP contribution is 2.28. The lowest BCUT2D eigenvalue weighted by molar-refractivity contribution is -0.130. The van der Waals surface area contributed by atoms with Crippen LogP contribution in [0.25, 0.3) is 0 Å². The van der Waals surface area contributed by atoms with E-state index in [9.17, 15) is 14.4 Å². The van der Waals surface area contributed by atoms with Gasteiger partial charge in [0, 0.05) is 17.3 Å². The van der Waals surface area contributed by atoms with E-state index in [2.05, 4.69) is 10.6 Å². The highest BCUT2D eigenvalue weighted by Gasteiger charge is 2.42. The number of anilines is 1. The Hall–Kier alpha value is -3.15. The van der Waals surface area contributed by atoms with Crippen LogP contribution < -0.4 is 15.5 Å². The van der Waals surface area contributed by atoms with Crippen molar-refractivity contribution in [2.75, 3.05) is 11.4 Å². The summed E-state index contributed by atoms with van der Waals surface area (Å²) >= 11 is 0. The standard InChI is InChI=1S/C26H33N3O3/c1-3-26(2,25(32)28-21-15-9-5-10-16-21)29(22-17-11-6-12-18-22)23(30)19-27-24(31)20-13-7-4-8-14-20/h4,6-8,11-14,17-18,21H,3,5,9-10,15-16,19H2,1-2H3,(H,27,31)(H,28,32)/t26-/m1/s1. The van der Waals surface area contributed by atoms with Gasteiger partial charge < -0.3 is 10.6 Å². The summed E-state index contributed by atoms with van der Waals surface area (Å²) in [7, 11) is 0. The monoisotopic (exact) mass is 435 g/mol. The molecule has 0 spiro atoms. The molecule has 1 aliphatic rings. The second kappa shape index (κ2) is 10.9. The Labute approximate surface area is 190 Å². The maximum Gasteiger partial charge on any atom is 0.251 e. The highest BCUT2D eigenvalue weighted by atomic mass is 16.2. The molecule has 1 aliphatic carbocycles. The van der Waals surface area contributed by atoms with Crippen molar-refractivity contribution in [3.8, 4) is 0 Å². The zero-order chi connectivity index (χ0) is 23.0. The van der Waals surface area contributed by atoms with Crippen LogP contribution >= 0.6 is 0 Å². The first-order chi connectivity index (χ1) is 15.5. The van der Waals surface area contributed by atoms with Crippen LogP contribution in [0.3, 0.4) is 0 Å². The van der Waals surface area contributed by atoms with Crippen LogP contribution in [0, 0.1) is 0 Å². The van der Waals surface area contributed by atoms with Gasteiger partial charge in [-0.1, -0.05) is 62.6 Å². The zero-order valence-corrected chi connectivity index (χ0v) is 19.0. The van der Waals surface area contributed by atoms with Crippen molar-refractivity contribution in [3.63, 3.8) is 0 Å². The minimum atomic E-state index is -1.08. The average molecular weight is 436 g/mol. The van der Waals surface area contributed by atoms with Crippen molar-refractivity contribution in [1.29, 1.82) is 0 Å². The van der Waals surface area contributed by atoms with Crippen molar-refractivity contribution < 1.29 is 14.4 Å². The third kappa shape index (κ3) is 5.55. The number of carbonyl (C=O) groups is 3. The SMILES string of the molecule is CC[C@](C)(C(=O)NC1CCCCC1)N(C(=O)CNC(=O)c1ccccc1)c1ccccc1. The Bertz CT molecular complexity index is 910. The summed E-state index contributed by atoms with van der Waals surface area (Å²) in [5, 5.41) is 5.89. The second-order valence-corrected chi connectivity index (χ2v) is 8.55. The number of carbonyl (C=O) groups excluding carboxylic acids is 3. The third-order valence-electron chi connectivity index (χ3n) is 6.31. The average Bonchev–Trinajstić information content (AvgIpc) is 2.84. The molecule has 0 bridgehead atoms. The molecular weight excluding hydrogens is 402 g/mol. The van der Waals surface area contributed by atoms with Crippen molar-refractivity contribution in [1.82, 2.24) is 10.6 Å². The van der Waals surface area contributed by atoms with Gasteiger partial charge in [0.15, 0.2) is 0 Å². The molecule has 0 heterocycles. The van der Waals surface area contributed by atoms with E-state index < -0.39 is 5.54 Å². The van der Waals surface area contributed by atoms with Crippen LogP contribution in [-0.2, 0) is 9.59 Å². The number of nitrogens with zero attached hydrogens (tertiary/aromatic N) is 1. The van der Waals surface area contributed by atoms with E-state index in [1.165, 1.54) is 11.3 Å². The van der Waals surface area contributed by atoms with Crippen molar-refractivity contribution in [2.24, 2.45) is 0 Å². The molecule has 6 heteroatoms. The Morgan fingerprint density at radius 1 is 0.938 bits per heavy atom. The fraction of sp³-hybridized carbons (Fsp3) is 0.423. The van der Waals surface area contributed by atoms with Gasteiger partial charge in [0.25, 0.3) is 5.91 Å². The van der Waals surface area contributed by atoms with Gasteiger partial charge in [-0.3, -0.25) is 19.3 Å². The molecule has 1 fully saturated rings. The van der Waals surface area contributed by atoms with E-state index in [4.69, 9.17) is 0 Å². The molecule has 0 radical (unpaired) electrons. The zero-order valence-electron chi connectivity index (χ0n) is 19.0. The molecule has 2 N–H and O–H groups in total. The molecule has 1 saturated carbocycles. The molecule has 3 amide bonds. The molecule has 0 aliphatic heterocycles. The summed E-state index contributed by atoms with van der Waals surface area (Å²) in [4.78, 5) is 40.9. The molecular formula is C26H33N3O3. The van der Waals surface area contributed by atoms with Gasteiger partial charge >= 0.3 is 0 Å². The van der Waals surface area contributed by atoms with E-state index >= 15 is 0 Å². The molecule has 32 heavy (non-hydrogen) atoms. The topological polar surface area (TPSA) is 78.5 Å². The van der Waals surface area contributed by atoms with Crippen LogP contribution in [0.5, 0.6) is 0 Å². The summed E-state index contributed by atoms with van der Waals surface area (Å²) in [6.07, 6.45) is 5.81. The van der Waals surface area contributed by atoms with Crippen molar-refractivity contribution >= 4 is 23.4 Å². The maximum atomic E-state index is 13.5. The Morgan fingerprint density at radius 2 is 1.53 bits per heavy atom. The Kier molecular flexibility index (Phi) is 8.03. The van der Waals surface area contributed by atoms with Gasteiger partial charge in [0.1, 0.15) is 5.54 Å². The molecule has 0 aromatic heterocycles. The van der Waals surface area contributed by atoms with Gasteiger partial charge in [0.05, 0.1) is 6.54 Å². The van der Waals surface area contributed by atoms with Gasteiger partial charge in [-0.15, -0.1) is 0 Å². The molecule has 1 atom stereocenters. The molecule has 3 rings (SSSR count). The second-order valence-electron chi connectivity index (χ2n) is 8.55. The summed E-state index contributed by atoms with van der Waals surface area (Å²) < 4.78 is 0. The first kappa shape index (κ1) is 23.5. The van der Waals surface area contributed by atoms with Gasteiger partial charge in [-0.05, 0) is 50.5 Å². The number of hydrogen-bond donors (Lipinski definition) is 2. The van der Waals surface area contributed by atoms with E-state index in [-0.39, 0.29) is 30.3 Å². The van der Waals surface area contributed by atoms with Crippen molar-refractivity contribution in [3.05, 3.63) is 66.2 Å². The summed E-state index contributed by atoms with van der Waals surface area (Å²) in [5.41, 5.74) is 0.0438. The Balaban J connectivity index is 1.81. The number of rotatable bonds is 8. The van der Waals surface area contributed by atoms with Crippen molar-refractivity contribution in [2.45, 2.75) is 64.0 Å². The number of hydrogen-bond acceptors (Lipinski definition) is 3. The minimum Gasteiger partial charge on any atom is -0.351 e. The quantitative estimate of drug-likeness (QED) is 0.656. The smallest absolute Gasteiger partial charge is 0.251 e. The lowest BCUT2D eigenvalue weighted by atomic mass is 9.90. The van der Waals surface area contributed by atoms with E-state index in [1.54, 1.807) is 31.2 Å². The lowest BCUT2D eigenvalue weighted by Gasteiger charge is -2.41. The predicted octanol–water partition coefficient (Wildman–Crippen LogP) is 4.07. The van der Waals surface area contributed by atoms with E-state index in [0.29, 0.717) is 17.7 Å².